The zero-order valence-corrected chi connectivity index (χ0v) is 24.0. The zero-order chi connectivity index (χ0) is 30.0. The molecule has 12 heteroatoms. The fourth-order valence-electron chi connectivity index (χ4n) is 4.66. The maximum atomic E-state index is 14.3. The van der Waals surface area contributed by atoms with E-state index in [4.69, 9.17) is 19.4 Å². The molecular weight excluding hydrogens is 567 g/mol. The lowest BCUT2D eigenvalue weighted by molar-refractivity contribution is 0.0502. The highest BCUT2D eigenvalue weighted by molar-refractivity contribution is 7.22. The summed E-state index contributed by atoms with van der Waals surface area (Å²) in [5, 5.41) is 13.0. The van der Waals surface area contributed by atoms with Crippen molar-refractivity contribution in [1.29, 1.82) is 5.26 Å². The predicted molar refractivity (Wildman–Crippen MR) is 153 cm³/mol. The summed E-state index contributed by atoms with van der Waals surface area (Å²) >= 11 is 1.42. The van der Waals surface area contributed by atoms with Gasteiger partial charge in [-0.05, 0) is 68.7 Å². The lowest BCUT2D eigenvalue weighted by Crippen LogP contribution is -2.36. The van der Waals surface area contributed by atoms with Crippen molar-refractivity contribution in [2.24, 2.45) is 0 Å². The van der Waals surface area contributed by atoms with Crippen molar-refractivity contribution in [3.8, 4) is 17.2 Å². The van der Waals surface area contributed by atoms with Crippen LogP contribution in [0.1, 0.15) is 43.6 Å². The lowest BCUT2D eigenvalue weighted by atomic mass is 9.94. The first-order valence-electron chi connectivity index (χ1n) is 13.3. The van der Waals surface area contributed by atoms with Gasteiger partial charge in [-0.25, -0.2) is 22.9 Å². The second kappa shape index (κ2) is 12.0. The van der Waals surface area contributed by atoms with Crippen LogP contribution < -0.4 is 10.2 Å². The van der Waals surface area contributed by atoms with Crippen LogP contribution in [-0.2, 0) is 15.9 Å². The number of fused-ring (bicyclic) bond motifs is 1. The molecule has 1 N–H and O–H groups in total. The second-order valence-corrected chi connectivity index (χ2v) is 11.8. The Morgan fingerprint density at radius 1 is 1.12 bits per heavy atom. The van der Waals surface area contributed by atoms with Gasteiger partial charge in [0.05, 0.1) is 35.2 Å². The van der Waals surface area contributed by atoms with E-state index in [2.05, 4.69) is 10.2 Å². The Morgan fingerprint density at radius 3 is 2.50 bits per heavy atom. The van der Waals surface area contributed by atoms with E-state index in [0.717, 1.165) is 15.9 Å². The molecule has 1 amide bonds. The number of rotatable bonds is 6. The Balaban J connectivity index is 1.67. The van der Waals surface area contributed by atoms with Crippen LogP contribution in [0.4, 0.5) is 23.1 Å². The molecule has 8 nitrogen and oxygen atoms in total. The number of carbonyl (C=O) groups is 1. The molecule has 4 aromatic rings. The normalized spacial score (nSPS) is 14.5. The molecule has 1 unspecified atom stereocenters. The molecule has 5 rings (SSSR count). The van der Waals surface area contributed by atoms with E-state index in [9.17, 15) is 23.2 Å². The molecule has 3 heterocycles. The van der Waals surface area contributed by atoms with Gasteiger partial charge in [-0.3, -0.25) is 0 Å². The Hall–Kier alpha value is -4.21. The van der Waals surface area contributed by atoms with E-state index >= 15 is 0 Å². The molecule has 0 bridgehead atoms. The van der Waals surface area contributed by atoms with Gasteiger partial charge in [-0.2, -0.15) is 10.2 Å². The first-order valence-corrected chi connectivity index (χ1v) is 14.1. The fourth-order valence-corrected chi connectivity index (χ4v) is 5.66. The molecule has 0 spiro atoms. The van der Waals surface area contributed by atoms with Gasteiger partial charge in [0.2, 0.25) is 0 Å². The minimum absolute atomic E-state index is 0.0494. The van der Waals surface area contributed by atoms with Gasteiger partial charge in [0.1, 0.15) is 29.1 Å². The molecule has 1 aliphatic heterocycles. The third-order valence-corrected chi connectivity index (χ3v) is 7.52. The summed E-state index contributed by atoms with van der Waals surface area (Å²) in [7, 11) is 0. The maximum absolute atomic E-state index is 14.3. The van der Waals surface area contributed by atoms with Crippen LogP contribution in [0.5, 0.6) is 0 Å². The van der Waals surface area contributed by atoms with Gasteiger partial charge in [0.15, 0.2) is 10.8 Å². The monoisotopic (exact) mass is 595 g/mol. The van der Waals surface area contributed by atoms with Crippen molar-refractivity contribution >= 4 is 32.9 Å². The first kappa shape index (κ1) is 29.3. The van der Waals surface area contributed by atoms with Gasteiger partial charge in [0.25, 0.3) is 0 Å². The van der Waals surface area contributed by atoms with Crippen molar-refractivity contribution in [2.75, 3.05) is 31.2 Å². The molecule has 1 aliphatic rings. The molecule has 2 aromatic carbocycles. The molecule has 1 atom stereocenters. The number of alkyl carbamates (subject to hydrolysis) is 1. The number of thiazole rings is 1. The minimum Gasteiger partial charge on any atom is -0.444 e. The van der Waals surface area contributed by atoms with E-state index in [-0.39, 0.29) is 17.5 Å². The SMILES string of the molecule is CC(C)(C)OC(=O)NC(Cc1cc(F)cc(F)c1)c1nc2nc(N3CCOCC3)sc2cc1-c1ccc(F)c(C#N)c1. The molecule has 42 heavy (non-hydrogen) atoms. The number of nitrogens with one attached hydrogen (secondary N) is 1. The third-order valence-electron chi connectivity index (χ3n) is 6.46. The Morgan fingerprint density at radius 2 is 1.83 bits per heavy atom. The highest BCUT2D eigenvalue weighted by Gasteiger charge is 2.27. The topological polar surface area (TPSA) is 100 Å². The third kappa shape index (κ3) is 6.80. The summed E-state index contributed by atoms with van der Waals surface area (Å²) in [6.45, 7) is 7.60. The summed E-state index contributed by atoms with van der Waals surface area (Å²) in [4.78, 5) is 24.7. The van der Waals surface area contributed by atoms with Crippen LogP contribution in [-0.4, -0.2) is 48.0 Å². The van der Waals surface area contributed by atoms with E-state index in [1.54, 1.807) is 20.8 Å². The summed E-state index contributed by atoms with van der Waals surface area (Å²) in [5.74, 6) is -2.21. The number of pyridine rings is 1. The van der Waals surface area contributed by atoms with E-state index in [0.29, 0.717) is 48.8 Å². The van der Waals surface area contributed by atoms with Crippen LogP contribution >= 0.6 is 11.3 Å². The number of benzene rings is 2. The smallest absolute Gasteiger partial charge is 0.408 e. The molecule has 1 saturated heterocycles. The quantitative estimate of drug-likeness (QED) is 0.280. The predicted octanol–water partition coefficient (Wildman–Crippen LogP) is 6.29. The molecule has 0 radical (unpaired) electrons. The Kier molecular flexibility index (Phi) is 8.34. The minimum atomic E-state index is -0.940. The fraction of sp³-hybridized carbons (Fsp3) is 0.333. The summed E-state index contributed by atoms with van der Waals surface area (Å²) < 4.78 is 54.3. The number of aromatic nitrogens is 2. The number of nitrogens with zero attached hydrogens (tertiary/aromatic N) is 4. The van der Waals surface area contributed by atoms with Gasteiger partial charge in [-0.15, -0.1) is 0 Å². The molecule has 0 aliphatic carbocycles. The number of morpholine rings is 1. The summed E-state index contributed by atoms with van der Waals surface area (Å²) in [6, 6.07) is 9.95. The van der Waals surface area contributed by atoms with Crippen molar-refractivity contribution in [2.45, 2.75) is 38.8 Å². The van der Waals surface area contributed by atoms with Crippen molar-refractivity contribution in [3.05, 3.63) is 76.7 Å². The van der Waals surface area contributed by atoms with Crippen molar-refractivity contribution in [3.63, 3.8) is 0 Å². The molecule has 1 fully saturated rings. The number of carbonyl (C=O) groups excluding carboxylic acids is 1. The number of amides is 1. The molecule has 218 valence electrons. The largest absolute Gasteiger partial charge is 0.444 e. The Labute approximate surface area is 244 Å². The average molecular weight is 596 g/mol. The first-order chi connectivity index (χ1) is 20.0. The second-order valence-electron chi connectivity index (χ2n) is 10.8. The van der Waals surface area contributed by atoms with Crippen molar-refractivity contribution in [1.82, 2.24) is 15.3 Å². The van der Waals surface area contributed by atoms with Gasteiger partial charge in [0, 0.05) is 24.7 Å². The number of ether oxygens (including phenoxy) is 2. The molecule has 0 saturated carbocycles. The lowest BCUT2D eigenvalue weighted by Gasteiger charge is -2.25. The number of anilines is 1. The van der Waals surface area contributed by atoms with Crippen LogP contribution in [0.25, 0.3) is 21.5 Å². The number of halogens is 3. The van der Waals surface area contributed by atoms with Crippen LogP contribution in [0.15, 0.2) is 42.5 Å². The molecule has 2 aromatic heterocycles. The van der Waals surface area contributed by atoms with Gasteiger partial charge in [-0.1, -0.05) is 17.4 Å². The van der Waals surface area contributed by atoms with Crippen molar-refractivity contribution < 1.29 is 27.4 Å². The Bertz CT molecular complexity index is 1660. The maximum Gasteiger partial charge on any atom is 0.408 e. The van der Waals surface area contributed by atoms with E-state index in [1.165, 1.54) is 41.7 Å². The zero-order valence-electron chi connectivity index (χ0n) is 23.2. The van der Waals surface area contributed by atoms with Crippen LogP contribution in [0.3, 0.4) is 0 Å². The number of nitriles is 1. The highest BCUT2D eigenvalue weighted by Crippen LogP contribution is 2.37. The number of hydrogen-bond acceptors (Lipinski definition) is 8. The summed E-state index contributed by atoms with van der Waals surface area (Å²) in [6.07, 6.45) is -0.812. The summed E-state index contributed by atoms with van der Waals surface area (Å²) in [5.41, 5.74) is 0.970. The van der Waals surface area contributed by atoms with Gasteiger partial charge >= 0.3 is 6.09 Å². The standard InChI is InChI=1S/C30H28F3N5O3S/c1-30(2,3)41-29(39)35-24(12-17-10-20(31)14-21(32)11-17)26-22(18-4-5-23(33)19(13-18)16-34)15-25-27(36-26)37-28(42-25)38-6-8-40-9-7-38/h4-5,10-11,13-15,24H,6-9,12H2,1-3H3,(H,35,39). The van der Waals surface area contributed by atoms with E-state index in [1.807, 2.05) is 12.1 Å². The highest BCUT2D eigenvalue weighted by atomic mass is 32.1. The van der Waals surface area contributed by atoms with Crippen LogP contribution in [0, 0.1) is 28.8 Å². The molecular formula is C30H28F3N5O3S. The average Bonchev–Trinajstić information content (AvgIpc) is 3.34. The van der Waals surface area contributed by atoms with E-state index < -0.39 is 35.2 Å². The number of hydrogen-bond donors (Lipinski definition) is 1. The van der Waals surface area contributed by atoms with Gasteiger partial charge < -0.3 is 19.7 Å². The van der Waals surface area contributed by atoms with Crippen LogP contribution in [0.2, 0.25) is 0 Å².